The van der Waals surface area contributed by atoms with Crippen LogP contribution in [0.2, 0.25) is 0 Å². The molecule has 0 unspecified atom stereocenters. The van der Waals surface area contributed by atoms with Gasteiger partial charge >= 0.3 is 5.97 Å². The molecule has 2 radical (unpaired) electrons. The first-order chi connectivity index (χ1) is 5.24. The van der Waals surface area contributed by atoms with Crippen LogP contribution in [0.1, 0.15) is 10.4 Å². The number of esters is 1. The molecule has 0 aliphatic rings. The van der Waals surface area contributed by atoms with E-state index in [0.717, 1.165) is 0 Å². The van der Waals surface area contributed by atoms with Gasteiger partial charge in [-0.1, -0.05) is 11.5 Å². The Morgan fingerprint density at radius 2 is 2.36 bits per heavy atom. The highest BCUT2D eigenvalue weighted by molar-refractivity contribution is 6.32. The number of rotatable bonds is 1. The van der Waals surface area contributed by atoms with Crippen molar-refractivity contribution in [1.82, 2.24) is 4.98 Å². The highest BCUT2D eigenvalue weighted by atomic mass is 16.5. The van der Waals surface area contributed by atoms with Gasteiger partial charge in [0.2, 0.25) is 0 Å². The minimum Gasteiger partial charge on any atom is -0.465 e. The summed E-state index contributed by atoms with van der Waals surface area (Å²) in [5.74, 6) is -0.426. The number of aromatic nitrogens is 1. The average Bonchev–Trinajstić information content (AvgIpc) is 2.03. The lowest BCUT2D eigenvalue weighted by Gasteiger charge is -1.98. The van der Waals surface area contributed by atoms with Crippen LogP contribution in [-0.2, 0) is 4.74 Å². The van der Waals surface area contributed by atoms with Crippen molar-refractivity contribution >= 4 is 19.3 Å². The second kappa shape index (κ2) is 3.19. The van der Waals surface area contributed by atoms with E-state index in [1.807, 2.05) is 0 Å². The van der Waals surface area contributed by atoms with Gasteiger partial charge in [-0.25, -0.2) is 4.79 Å². The van der Waals surface area contributed by atoms with Gasteiger partial charge in [-0.05, 0) is 0 Å². The first kappa shape index (κ1) is 7.79. The lowest BCUT2D eigenvalue weighted by Crippen LogP contribution is -2.09. The summed E-state index contributed by atoms with van der Waals surface area (Å²) in [4.78, 5) is 14.6. The highest BCUT2D eigenvalue weighted by Gasteiger charge is 2.03. The van der Waals surface area contributed by atoms with Gasteiger partial charge in [0, 0.05) is 12.4 Å². The molecule has 0 amide bonds. The maximum atomic E-state index is 10.8. The molecular weight excluding hydrogens is 141 g/mol. The number of ether oxygens (including phenoxy) is 1. The predicted octanol–water partition coefficient (Wildman–Crippen LogP) is -0.338. The standard InChI is InChI=1S/C7H6BNO2/c1-11-7(10)5-2-6(8)4-9-3-5/h2-4H,1H3. The number of nitrogens with zero attached hydrogens (tertiary/aromatic N) is 1. The molecule has 1 heterocycles. The number of pyridine rings is 1. The fourth-order valence-corrected chi connectivity index (χ4v) is 0.687. The van der Waals surface area contributed by atoms with Crippen LogP contribution in [0.25, 0.3) is 0 Å². The summed E-state index contributed by atoms with van der Waals surface area (Å²) in [6.45, 7) is 0. The molecule has 3 nitrogen and oxygen atoms in total. The van der Waals surface area contributed by atoms with Gasteiger partial charge in [0.15, 0.2) is 0 Å². The number of hydrogen-bond donors (Lipinski definition) is 0. The molecule has 54 valence electrons. The summed E-state index contributed by atoms with van der Waals surface area (Å²) in [5, 5.41) is 0. The molecule has 1 rings (SSSR count). The average molecular weight is 147 g/mol. The van der Waals surface area contributed by atoms with Crippen molar-refractivity contribution in [3.05, 3.63) is 24.0 Å². The molecule has 0 saturated heterocycles. The first-order valence-electron chi connectivity index (χ1n) is 3.03. The fourth-order valence-electron chi connectivity index (χ4n) is 0.687. The summed E-state index contributed by atoms with van der Waals surface area (Å²) in [6, 6.07) is 1.51. The second-order valence-corrected chi connectivity index (χ2v) is 2.00. The number of carbonyl (C=O) groups is 1. The van der Waals surface area contributed by atoms with E-state index < -0.39 is 5.97 Å². The minimum atomic E-state index is -0.426. The first-order valence-corrected chi connectivity index (χ1v) is 3.03. The maximum absolute atomic E-state index is 10.8. The van der Waals surface area contributed by atoms with Gasteiger partial charge in [0.05, 0.1) is 12.7 Å². The van der Waals surface area contributed by atoms with Crippen molar-refractivity contribution < 1.29 is 9.53 Å². The smallest absolute Gasteiger partial charge is 0.339 e. The van der Waals surface area contributed by atoms with E-state index >= 15 is 0 Å². The molecule has 1 aromatic heterocycles. The molecular formula is C7H6BNO2. The molecule has 11 heavy (non-hydrogen) atoms. The number of carbonyl (C=O) groups excluding carboxylic acids is 1. The van der Waals surface area contributed by atoms with Crippen molar-refractivity contribution in [2.24, 2.45) is 0 Å². The fraction of sp³-hybridized carbons (Fsp3) is 0.143. The summed E-state index contributed by atoms with van der Waals surface area (Å²) < 4.78 is 4.46. The van der Waals surface area contributed by atoms with Gasteiger partial charge < -0.3 is 4.74 Å². The van der Waals surface area contributed by atoms with E-state index in [1.165, 1.54) is 25.6 Å². The normalized spacial score (nSPS) is 9.18. The molecule has 0 aliphatic carbocycles. The van der Waals surface area contributed by atoms with E-state index in [4.69, 9.17) is 7.85 Å². The Balaban J connectivity index is 2.96. The third kappa shape index (κ3) is 1.80. The molecule has 0 atom stereocenters. The zero-order valence-electron chi connectivity index (χ0n) is 6.07. The molecule has 0 bridgehead atoms. The summed E-state index contributed by atoms with van der Waals surface area (Å²) in [5.41, 5.74) is 0.820. The van der Waals surface area contributed by atoms with Crippen LogP contribution in [0, 0.1) is 0 Å². The van der Waals surface area contributed by atoms with Crippen LogP contribution < -0.4 is 5.46 Å². The van der Waals surface area contributed by atoms with E-state index in [1.54, 1.807) is 0 Å². The van der Waals surface area contributed by atoms with Crippen LogP contribution in [0.5, 0.6) is 0 Å². The molecule has 0 saturated carbocycles. The maximum Gasteiger partial charge on any atom is 0.339 e. The van der Waals surface area contributed by atoms with E-state index in [9.17, 15) is 4.79 Å². The van der Waals surface area contributed by atoms with Crippen LogP contribution >= 0.6 is 0 Å². The van der Waals surface area contributed by atoms with Crippen LogP contribution in [0.15, 0.2) is 18.5 Å². The summed E-state index contributed by atoms with van der Waals surface area (Å²) in [6.07, 6.45) is 2.87. The minimum absolute atomic E-state index is 0.368. The Morgan fingerprint density at radius 3 is 2.91 bits per heavy atom. The second-order valence-electron chi connectivity index (χ2n) is 2.00. The largest absolute Gasteiger partial charge is 0.465 e. The molecule has 1 aromatic rings. The van der Waals surface area contributed by atoms with Gasteiger partial charge in [0.1, 0.15) is 7.85 Å². The SMILES string of the molecule is [B]c1cncc(C(=O)OC)c1. The van der Waals surface area contributed by atoms with Crippen LogP contribution in [-0.4, -0.2) is 25.9 Å². The van der Waals surface area contributed by atoms with Gasteiger partial charge in [-0.15, -0.1) is 0 Å². The van der Waals surface area contributed by atoms with E-state index in [2.05, 4.69) is 9.72 Å². The van der Waals surface area contributed by atoms with Crippen molar-refractivity contribution in [1.29, 1.82) is 0 Å². The molecule has 0 aromatic carbocycles. The number of hydrogen-bond acceptors (Lipinski definition) is 3. The van der Waals surface area contributed by atoms with Crippen molar-refractivity contribution in [3.8, 4) is 0 Å². The van der Waals surface area contributed by atoms with Gasteiger partial charge in [-0.2, -0.15) is 0 Å². The Bertz CT molecular complexity index is 275. The monoisotopic (exact) mass is 147 g/mol. The Labute approximate surface area is 65.8 Å². The third-order valence-corrected chi connectivity index (χ3v) is 1.18. The predicted molar refractivity (Wildman–Crippen MR) is 41.0 cm³/mol. The molecule has 0 N–H and O–H groups in total. The highest BCUT2D eigenvalue weighted by Crippen LogP contribution is 1.94. The van der Waals surface area contributed by atoms with Crippen molar-refractivity contribution in [3.63, 3.8) is 0 Å². The Kier molecular flexibility index (Phi) is 2.26. The van der Waals surface area contributed by atoms with E-state index in [0.29, 0.717) is 11.0 Å². The number of methoxy groups -OCH3 is 1. The zero-order chi connectivity index (χ0) is 8.27. The molecule has 0 spiro atoms. The van der Waals surface area contributed by atoms with Crippen LogP contribution in [0.4, 0.5) is 0 Å². The summed E-state index contributed by atoms with van der Waals surface area (Å²) >= 11 is 0. The lowest BCUT2D eigenvalue weighted by molar-refractivity contribution is 0.0600. The van der Waals surface area contributed by atoms with E-state index in [-0.39, 0.29) is 0 Å². The molecule has 4 heteroatoms. The van der Waals surface area contributed by atoms with Crippen LogP contribution in [0.3, 0.4) is 0 Å². The van der Waals surface area contributed by atoms with Crippen molar-refractivity contribution in [2.75, 3.05) is 7.11 Å². The van der Waals surface area contributed by atoms with Gasteiger partial charge in [-0.3, -0.25) is 4.98 Å². The third-order valence-electron chi connectivity index (χ3n) is 1.18. The lowest BCUT2D eigenvalue weighted by atomic mass is 9.97. The Hall–Kier alpha value is -1.32. The summed E-state index contributed by atoms with van der Waals surface area (Å²) in [7, 11) is 6.69. The van der Waals surface area contributed by atoms with Crippen molar-refractivity contribution in [2.45, 2.75) is 0 Å². The quantitative estimate of drug-likeness (QED) is 0.403. The van der Waals surface area contributed by atoms with Gasteiger partial charge in [0.25, 0.3) is 0 Å². The Morgan fingerprint density at radius 1 is 1.64 bits per heavy atom. The zero-order valence-corrected chi connectivity index (χ0v) is 6.07. The molecule has 0 aliphatic heterocycles. The molecule has 0 fully saturated rings. The topological polar surface area (TPSA) is 39.2 Å².